The molecule has 1 aliphatic carbocycles. The summed E-state index contributed by atoms with van der Waals surface area (Å²) in [4.78, 5) is 14.9. The average Bonchev–Trinajstić information content (AvgIpc) is 2.95. The van der Waals surface area contributed by atoms with Crippen molar-refractivity contribution in [1.82, 2.24) is 5.32 Å². The van der Waals surface area contributed by atoms with E-state index in [1.165, 1.54) is 34.6 Å². The molecule has 3 N–H and O–H groups in total. The highest BCUT2D eigenvalue weighted by Gasteiger charge is 2.15. The maximum Gasteiger partial charge on any atom is 0.251 e. The zero-order valence-electron chi connectivity index (χ0n) is 11.5. The lowest BCUT2D eigenvalue weighted by Crippen LogP contribution is -2.22. The van der Waals surface area contributed by atoms with E-state index in [-0.39, 0.29) is 5.91 Å². The van der Waals surface area contributed by atoms with Gasteiger partial charge in [-0.1, -0.05) is 0 Å². The molecule has 0 aliphatic heterocycles. The highest BCUT2D eigenvalue weighted by Crippen LogP contribution is 2.30. The number of nitrogen functional groups attached to an aromatic ring is 1. The van der Waals surface area contributed by atoms with Crippen LogP contribution < -0.4 is 11.1 Å². The lowest BCUT2D eigenvalue weighted by Gasteiger charge is -2.06. The monoisotopic (exact) mass is 286 g/mol. The Kier molecular flexibility index (Phi) is 3.49. The number of fused-ring (bicyclic) bond motifs is 1. The van der Waals surface area contributed by atoms with E-state index >= 15 is 0 Å². The number of anilines is 1. The molecule has 0 saturated heterocycles. The summed E-state index contributed by atoms with van der Waals surface area (Å²) in [5.41, 5.74) is 9.51. The third-order valence-corrected chi connectivity index (χ3v) is 4.82. The van der Waals surface area contributed by atoms with Gasteiger partial charge >= 0.3 is 0 Å². The Morgan fingerprint density at radius 1 is 1.30 bits per heavy atom. The summed E-state index contributed by atoms with van der Waals surface area (Å²) in [5.74, 6) is -0.0611. The smallest absolute Gasteiger partial charge is 0.251 e. The summed E-state index contributed by atoms with van der Waals surface area (Å²) in [6.07, 6.45) is 3.66. The molecule has 0 unspecified atom stereocenters. The minimum Gasteiger partial charge on any atom is -0.399 e. The van der Waals surface area contributed by atoms with Crippen LogP contribution in [0.4, 0.5) is 5.69 Å². The number of amides is 1. The molecule has 0 atom stereocenters. The molecule has 0 bridgehead atoms. The van der Waals surface area contributed by atoms with Crippen molar-refractivity contribution in [3.8, 4) is 0 Å². The van der Waals surface area contributed by atoms with E-state index in [0.29, 0.717) is 17.8 Å². The molecule has 104 valence electrons. The van der Waals surface area contributed by atoms with E-state index in [1.807, 2.05) is 30.4 Å². The predicted molar refractivity (Wildman–Crippen MR) is 83.1 cm³/mol. The number of hydrogen-bond donors (Lipinski definition) is 2. The van der Waals surface area contributed by atoms with Crippen molar-refractivity contribution in [1.29, 1.82) is 0 Å². The minimum absolute atomic E-state index is 0.0611. The molecule has 1 aliphatic rings. The predicted octanol–water partition coefficient (Wildman–Crippen LogP) is 3.06. The van der Waals surface area contributed by atoms with Crippen LogP contribution >= 0.6 is 11.3 Å². The quantitative estimate of drug-likeness (QED) is 0.852. The molecule has 0 fully saturated rings. The molecule has 3 rings (SSSR count). The van der Waals surface area contributed by atoms with Crippen LogP contribution in [0.25, 0.3) is 0 Å². The lowest BCUT2D eigenvalue weighted by atomic mass is 10.1. The zero-order chi connectivity index (χ0) is 14.1. The maximum absolute atomic E-state index is 12.1. The molecule has 4 heteroatoms. The molecule has 0 spiro atoms. The molecular weight excluding hydrogens is 268 g/mol. The molecule has 0 saturated carbocycles. The largest absolute Gasteiger partial charge is 0.399 e. The first-order chi connectivity index (χ1) is 9.61. The fourth-order valence-corrected chi connectivity index (χ4v) is 3.89. The van der Waals surface area contributed by atoms with Crippen LogP contribution in [0.15, 0.2) is 24.3 Å². The van der Waals surface area contributed by atoms with Crippen LogP contribution in [0, 0.1) is 6.92 Å². The summed E-state index contributed by atoms with van der Waals surface area (Å²) in [7, 11) is 0. The molecular formula is C16H18N2OS. The molecule has 1 heterocycles. The van der Waals surface area contributed by atoms with E-state index in [9.17, 15) is 4.79 Å². The zero-order valence-corrected chi connectivity index (χ0v) is 12.3. The van der Waals surface area contributed by atoms with Crippen molar-refractivity contribution >= 4 is 22.9 Å². The second-order valence-electron chi connectivity index (χ2n) is 5.33. The van der Waals surface area contributed by atoms with Crippen LogP contribution in [0.3, 0.4) is 0 Å². The van der Waals surface area contributed by atoms with Gasteiger partial charge in [-0.15, -0.1) is 11.3 Å². The Hall–Kier alpha value is -1.81. The van der Waals surface area contributed by atoms with Crippen molar-refractivity contribution in [2.45, 2.75) is 32.7 Å². The van der Waals surface area contributed by atoms with Crippen molar-refractivity contribution in [2.24, 2.45) is 0 Å². The van der Waals surface area contributed by atoms with Crippen LogP contribution in [-0.2, 0) is 19.4 Å². The van der Waals surface area contributed by atoms with Crippen molar-refractivity contribution in [2.75, 3.05) is 5.73 Å². The highest BCUT2D eigenvalue weighted by atomic mass is 32.1. The lowest BCUT2D eigenvalue weighted by molar-refractivity contribution is 0.0951. The van der Waals surface area contributed by atoms with Gasteiger partial charge in [-0.3, -0.25) is 4.79 Å². The van der Waals surface area contributed by atoms with Gasteiger partial charge in [0.15, 0.2) is 0 Å². The molecule has 2 aromatic rings. The van der Waals surface area contributed by atoms with Crippen LogP contribution in [-0.4, -0.2) is 5.91 Å². The molecule has 3 nitrogen and oxygen atoms in total. The fraction of sp³-hybridized carbons (Fsp3) is 0.312. The van der Waals surface area contributed by atoms with Gasteiger partial charge < -0.3 is 11.1 Å². The third kappa shape index (κ3) is 2.70. The van der Waals surface area contributed by atoms with Crippen LogP contribution in [0.5, 0.6) is 0 Å². The second-order valence-corrected chi connectivity index (χ2v) is 6.55. The number of hydrogen-bond acceptors (Lipinski definition) is 3. The van der Waals surface area contributed by atoms with E-state index < -0.39 is 0 Å². The first-order valence-electron chi connectivity index (χ1n) is 6.87. The topological polar surface area (TPSA) is 55.1 Å². The van der Waals surface area contributed by atoms with Gasteiger partial charge in [0.25, 0.3) is 5.91 Å². The van der Waals surface area contributed by atoms with E-state index in [4.69, 9.17) is 5.73 Å². The van der Waals surface area contributed by atoms with Crippen LogP contribution in [0.2, 0.25) is 0 Å². The summed E-state index contributed by atoms with van der Waals surface area (Å²) in [5, 5.41) is 2.97. The number of benzene rings is 1. The Morgan fingerprint density at radius 3 is 2.90 bits per heavy atom. The number of thiophene rings is 1. The Morgan fingerprint density at radius 2 is 2.15 bits per heavy atom. The van der Waals surface area contributed by atoms with Gasteiger partial charge in [-0.2, -0.15) is 0 Å². The maximum atomic E-state index is 12.1. The summed E-state index contributed by atoms with van der Waals surface area (Å²) in [6.45, 7) is 2.54. The summed E-state index contributed by atoms with van der Waals surface area (Å²) in [6, 6.07) is 7.68. The van der Waals surface area contributed by atoms with Crippen molar-refractivity contribution in [3.63, 3.8) is 0 Å². The Balaban J connectivity index is 1.66. The van der Waals surface area contributed by atoms with Crippen molar-refractivity contribution < 1.29 is 4.79 Å². The first kappa shape index (κ1) is 13.2. The van der Waals surface area contributed by atoms with E-state index in [1.54, 1.807) is 6.07 Å². The summed E-state index contributed by atoms with van der Waals surface area (Å²) < 4.78 is 0. The number of carbonyl (C=O) groups excluding carboxylic acids is 1. The number of aryl methyl sites for hydroxylation is 3. The van der Waals surface area contributed by atoms with E-state index in [2.05, 4.69) is 11.4 Å². The molecule has 1 amide bonds. The van der Waals surface area contributed by atoms with Gasteiger partial charge in [-0.05, 0) is 61.6 Å². The third-order valence-electron chi connectivity index (χ3n) is 3.58. The van der Waals surface area contributed by atoms with E-state index in [0.717, 1.165) is 5.56 Å². The number of nitrogens with two attached hydrogens (primary N) is 1. The highest BCUT2D eigenvalue weighted by molar-refractivity contribution is 7.12. The van der Waals surface area contributed by atoms with Gasteiger partial charge in [0.2, 0.25) is 0 Å². The van der Waals surface area contributed by atoms with Gasteiger partial charge in [0.05, 0.1) is 6.54 Å². The molecule has 0 radical (unpaired) electrons. The molecule has 1 aromatic carbocycles. The number of nitrogens with one attached hydrogen (secondary N) is 1. The number of rotatable bonds is 3. The van der Waals surface area contributed by atoms with Gasteiger partial charge in [-0.25, -0.2) is 0 Å². The SMILES string of the molecule is Cc1cc(N)cc(C(=O)NCc2cc3c(s2)CCC3)c1. The molecule has 20 heavy (non-hydrogen) atoms. The number of carbonyl (C=O) groups is 1. The van der Waals surface area contributed by atoms with Crippen molar-refractivity contribution in [3.05, 3.63) is 50.7 Å². The Labute approximate surface area is 122 Å². The van der Waals surface area contributed by atoms with Crippen LogP contribution in [0.1, 0.15) is 37.7 Å². The standard InChI is InChI=1S/C16H18N2OS/c1-10-5-12(7-13(17)6-10)16(19)18-9-14-8-11-3-2-4-15(11)20-14/h5-8H,2-4,9,17H2,1H3,(H,18,19). The fourth-order valence-electron chi connectivity index (χ4n) is 2.69. The average molecular weight is 286 g/mol. The second kappa shape index (κ2) is 5.29. The van der Waals surface area contributed by atoms with Gasteiger partial charge in [0.1, 0.15) is 0 Å². The first-order valence-corrected chi connectivity index (χ1v) is 7.69. The van der Waals surface area contributed by atoms with Gasteiger partial charge in [0, 0.05) is 21.0 Å². The normalized spacial score (nSPS) is 13.2. The summed E-state index contributed by atoms with van der Waals surface area (Å²) >= 11 is 1.83. The molecule has 1 aromatic heterocycles. The Bertz CT molecular complexity index is 619. The minimum atomic E-state index is -0.0611.